The van der Waals surface area contributed by atoms with Gasteiger partial charge in [-0.1, -0.05) is 29.6 Å². The van der Waals surface area contributed by atoms with Gasteiger partial charge in [-0.3, -0.25) is 9.59 Å². The van der Waals surface area contributed by atoms with Crippen LogP contribution in [0, 0.1) is 0 Å². The lowest BCUT2D eigenvalue weighted by Crippen LogP contribution is -2.48. The molecule has 1 fully saturated rings. The lowest BCUT2D eigenvalue weighted by molar-refractivity contribution is -0.125. The molecule has 0 aliphatic carbocycles. The average Bonchev–Trinajstić information content (AvgIpc) is 2.77. The van der Waals surface area contributed by atoms with Gasteiger partial charge in [0.1, 0.15) is 5.75 Å². The molecule has 2 amide bonds. The zero-order valence-electron chi connectivity index (χ0n) is 17.4. The molecule has 164 valence electrons. The first-order valence-corrected chi connectivity index (χ1v) is 11.3. The maximum Gasteiger partial charge on any atom is 0.267 e. The lowest BCUT2D eigenvalue weighted by atomic mass is 10.1. The van der Waals surface area contributed by atoms with E-state index < -0.39 is 6.10 Å². The highest BCUT2D eigenvalue weighted by Gasteiger charge is 2.32. The number of piperidine rings is 1. The standard InChI is InChI=1S/C23H25Cl2N3O3/c1-15-23(30)28(12-11-27-9-3-2-4-10-27)20-14-17(6-8-21(20)31-15)26-22(29)16-5-7-18(24)19(25)13-16/h5-8,13-15H,2-4,9-12H2,1H3,(H,26,29). The maximum absolute atomic E-state index is 12.9. The monoisotopic (exact) mass is 461 g/mol. The minimum Gasteiger partial charge on any atom is -0.479 e. The number of hydrogen-bond acceptors (Lipinski definition) is 4. The van der Waals surface area contributed by atoms with Gasteiger partial charge in [-0.15, -0.1) is 0 Å². The van der Waals surface area contributed by atoms with Crippen LogP contribution in [0.15, 0.2) is 36.4 Å². The Kier molecular flexibility index (Phi) is 6.70. The highest BCUT2D eigenvalue weighted by atomic mass is 35.5. The molecule has 1 N–H and O–H groups in total. The summed E-state index contributed by atoms with van der Waals surface area (Å²) in [4.78, 5) is 29.7. The molecule has 1 atom stereocenters. The van der Waals surface area contributed by atoms with Crippen LogP contribution in [-0.2, 0) is 4.79 Å². The molecule has 2 aromatic carbocycles. The molecule has 31 heavy (non-hydrogen) atoms. The molecule has 0 spiro atoms. The van der Waals surface area contributed by atoms with Crippen LogP contribution >= 0.6 is 23.2 Å². The Labute approximate surface area is 192 Å². The molecule has 0 radical (unpaired) electrons. The summed E-state index contributed by atoms with van der Waals surface area (Å²) < 4.78 is 5.79. The van der Waals surface area contributed by atoms with E-state index in [4.69, 9.17) is 27.9 Å². The van der Waals surface area contributed by atoms with E-state index in [1.807, 2.05) is 0 Å². The zero-order valence-corrected chi connectivity index (χ0v) is 18.9. The van der Waals surface area contributed by atoms with Crippen molar-refractivity contribution in [3.05, 3.63) is 52.0 Å². The number of anilines is 2. The number of fused-ring (bicyclic) bond motifs is 1. The first kappa shape index (κ1) is 21.9. The van der Waals surface area contributed by atoms with E-state index in [2.05, 4.69) is 10.2 Å². The van der Waals surface area contributed by atoms with Crippen molar-refractivity contribution in [1.82, 2.24) is 4.90 Å². The summed E-state index contributed by atoms with van der Waals surface area (Å²) in [7, 11) is 0. The van der Waals surface area contributed by atoms with E-state index in [0.717, 1.165) is 19.6 Å². The fourth-order valence-electron chi connectivity index (χ4n) is 3.98. The third-order valence-corrected chi connectivity index (χ3v) is 6.43. The van der Waals surface area contributed by atoms with Gasteiger partial charge in [-0.25, -0.2) is 0 Å². The van der Waals surface area contributed by atoms with Crippen molar-refractivity contribution >= 4 is 46.4 Å². The number of nitrogens with zero attached hydrogens (tertiary/aromatic N) is 2. The number of hydrogen-bond donors (Lipinski definition) is 1. The molecule has 2 aliphatic heterocycles. The minimum atomic E-state index is -0.537. The van der Waals surface area contributed by atoms with Crippen molar-refractivity contribution in [3.63, 3.8) is 0 Å². The Bertz CT molecular complexity index is 992. The Morgan fingerprint density at radius 3 is 2.58 bits per heavy atom. The van der Waals surface area contributed by atoms with Crippen LogP contribution in [0.2, 0.25) is 10.0 Å². The van der Waals surface area contributed by atoms with Gasteiger partial charge in [-0.2, -0.15) is 0 Å². The van der Waals surface area contributed by atoms with Gasteiger partial charge < -0.3 is 19.9 Å². The van der Waals surface area contributed by atoms with E-state index in [1.54, 1.807) is 42.2 Å². The van der Waals surface area contributed by atoms with Crippen LogP contribution < -0.4 is 15.0 Å². The average molecular weight is 462 g/mol. The van der Waals surface area contributed by atoms with Gasteiger partial charge in [0.05, 0.1) is 15.7 Å². The molecule has 0 saturated carbocycles. The molecule has 4 rings (SSSR count). The SMILES string of the molecule is CC1Oc2ccc(NC(=O)c3ccc(Cl)c(Cl)c3)cc2N(CCN2CCCCC2)C1=O. The molecule has 6 nitrogen and oxygen atoms in total. The van der Waals surface area contributed by atoms with Crippen LogP contribution in [0.1, 0.15) is 36.5 Å². The minimum absolute atomic E-state index is 0.0718. The van der Waals surface area contributed by atoms with E-state index in [1.165, 1.54) is 25.3 Å². The number of carbonyl (C=O) groups is 2. The molecule has 2 heterocycles. The second-order valence-electron chi connectivity index (χ2n) is 7.92. The third-order valence-electron chi connectivity index (χ3n) is 5.70. The Morgan fingerprint density at radius 2 is 1.84 bits per heavy atom. The molecular weight excluding hydrogens is 437 g/mol. The van der Waals surface area contributed by atoms with Crippen molar-refractivity contribution in [1.29, 1.82) is 0 Å². The van der Waals surface area contributed by atoms with Crippen molar-refractivity contribution in [3.8, 4) is 5.75 Å². The Balaban J connectivity index is 1.53. The molecular formula is C23H25Cl2N3O3. The summed E-state index contributed by atoms with van der Waals surface area (Å²) in [6.45, 7) is 5.31. The van der Waals surface area contributed by atoms with E-state index in [0.29, 0.717) is 39.3 Å². The quantitative estimate of drug-likeness (QED) is 0.691. The Hall–Kier alpha value is -2.28. The van der Waals surface area contributed by atoms with Gasteiger partial charge in [0.25, 0.3) is 11.8 Å². The second-order valence-corrected chi connectivity index (χ2v) is 8.73. The number of amides is 2. The van der Waals surface area contributed by atoms with Gasteiger partial charge in [-0.05, 0) is 69.3 Å². The second kappa shape index (κ2) is 9.47. The topological polar surface area (TPSA) is 61.9 Å². The fourth-order valence-corrected chi connectivity index (χ4v) is 4.28. The summed E-state index contributed by atoms with van der Waals surface area (Å²) in [6.07, 6.45) is 3.14. The molecule has 0 aromatic heterocycles. The number of rotatable bonds is 5. The van der Waals surface area contributed by atoms with Gasteiger partial charge in [0.15, 0.2) is 6.10 Å². The van der Waals surface area contributed by atoms with Crippen molar-refractivity contribution in [2.24, 2.45) is 0 Å². The summed E-state index contributed by atoms with van der Waals surface area (Å²) >= 11 is 12.0. The molecule has 8 heteroatoms. The van der Waals surface area contributed by atoms with Crippen LogP contribution in [-0.4, -0.2) is 49.0 Å². The summed E-state index contributed by atoms with van der Waals surface area (Å²) in [5, 5.41) is 3.57. The summed E-state index contributed by atoms with van der Waals surface area (Å²) in [6, 6.07) is 10.1. The molecule has 1 unspecified atom stereocenters. The zero-order chi connectivity index (χ0) is 22.0. The normalized spacial score (nSPS) is 19.0. The predicted octanol–water partition coefficient (Wildman–Crippen LogP) is 4.85. The number of likely N-dealkylation sites (tertiary alicyclic amines) is 1. The Morgan fingerprint density at radius 1 is 1.06 bits per heavy atom. The number of benzene rings is 2. The van der Waals surface area contributed by atoms with Gasteiger partial charge in [0, 0.05) is 24.3 Å². The lowest BCUT2D eigenvalue weighted by Gasteiger charge is -2.35. The fraction of sp³-hybridized carbons (Fsp3) is 0.391. The highest BCUT2D eigenvalue weighted by molar-refractivity contribution is 6.42. The van der Waals surface area contributed by atoms with E-state index in [-0.39, 0.29) is 11.8 Å². The largest absolute Gasteiger partial charge is 0.479 e. The number of nitrogens with one attached hydrogen (secondary N) is 1. The third kappa shape index (κ3) is 4.97. The molecule has 2 aliphatic rings. The summed E-state index contributed by atoms with van der Waals surface area (Å²) in [5.41, 5.74) is 1.64. The maximum atomic E-state index is 12.9. The van der Waals surface area contributed by atoms with Gasteiger partial charge >= 0.3 is 0 Å². The number of ether oxygens (including phenoxy) is 1. The van der Waals surface area contributed by atoms with Crippen molar-refractivity contribution < 1.29 is 14.3 Å². The molecule has 1 saturated heterocycles. The predicted molar refractivity (Wildman–Crippen MR) is 124 cm³/mol. The van der Waals surface area contributed by atoms with Crippen molar-refractivity contribution in [2.45, 2.75) is 32.3 Å². The summed E-state index contributed by atoms with van der Waals surface area (Å²) in [5.74, 6) is 0.255. The first-order chi connectivity index (χ1) is 14.9. The smallest absolute Gasteiger partial charge is 0.267 e. The highest BCUT2D eigenvalue weighted by Crippen LogP contribution is 2.36. The number of halogens is 2. The van der Waals surface area contributed by atoms with Crippen molar-refractivity contribution in [2.75, 3.05) is 36.4 Å². The van der Waals surface area contributed by atoms with Crippen LogP contribution in [0.3, 0.4) is 0 Å². The van der Waals surface area contributed by atoms with E-state index >= 15 is 0 Å². The van der Waals surface area contributed by atoms with Crippen LogP contribution in [0.5, 0.6) is 5.75 Å². The van der Waals surface area contributed by atoms with E-state index in [9.17, 15) is 9.59 Å². The van der Waals surface area contributed by atoms with Crippen LogP contribution in [0.25, 0.3) is 0 Å². The first-order valence-electron chi connectivity index (χ1n) is 10.5. The molecule has 0 bridgehead atoms. The number of carbonyl (C=O) groups excluding carboxylic acids is 2. The van der Waals surface area contributed by atoms with Crippen LogP contribution in [0.4, 0.5) is 11.4 Å². The van der Waals surface area contributed by atoms with Gasteiger partial charge in [0.2, 0.25) is 0 Å². The molecule has 2 aromatic rings.